The van der Waals surface area contributed by atoms with Gasteiger partial charge in [-0.2, -0.15) is 0 Å². The van der Waals surface area contributed by atoms with Crippen LogP contribution in [0.25, 0.3) is 0 Å². The molecule has 154 valence electrons. The molecule has 0 fully saturated rings. The SMILES string of the molecule is CCC(C)c1c(OC)ccc2c1C(=O)N1CCc3cc(OC)c(OC)cc3C1C2. The normalized spacial score (nSPS) is 18.4. The number of nitrogens with zero attached hydrogens (tertiary/aromatic N) is 1. The third-order valence-electron chi connectivity index (χ3n) is 6.51. The van der Waals surface area contributed by atoms with Gasteiger partial charge in [0.1, 0.15) is 5.75 Å². The van der Waals surface area contributed by atoms with Crippen molar-refractivity contribution in [2.45, 2.75) is 45.1 Å². The van der Waals surface area contributed by atoms with Crippen molar-refractivity contribution in [1.29, 1.82) is 0 Å². The molecule has 0 bridgehead atoms. The van der Waals surface area contributed by atoms with Crippen LogP contribution in [-0.2, 0) is 12.8 Å². The van der Waals surface area contributed by atoms with Crippen LogP contribution in [0.15, 0.2) is 24.3 Å². The van der Waals surface area contributed by atoms with Crippen molar-refractivity contribution >= 4 is 5.91 Å². The zero-order chi connectivity index (χ0) is 20.7. The van der Waals surface area contributed by atoms with E-state index in [1.54, 1.807) is 21.3 Å². The molecule has 2 aromatic rings. The van der Waals surface area contributed by atoms with E-state index in [9.17, 15) is 4.79 Å². The smallest absolute Gasteiger partial charge is 0.255 e. The van der Waals surface area contributed by atoms with Crippen LogP contribution in [0.1, 0.15) is 64.8 Å². The highest BCUT2D eigenvalue weighted by Crippen LogP contribution is 2.45. The fraction of sp³-hybridized carbons (Fsp3) is 0.458. The Hall–Kier alpha value is -2.69. The van der Waals surface area contributed by atoms with Gasteiger partial charge in [-0.25, -0.2) is 0 Å². The van der Waals surface area contributed by atoms with Crippen LogP contribution in [0.4, 0.5) is 0 Å². The summed E-state index contributed by atoms with van der Waals surface area (Å²) in [4.78, 5) is 15.7. The highest BCUT2D eigenvalue weighted by molar-refractivity contribution is 5.99. The number of carbonyl (C=O) groups is 1. The molecular formula is C24H29NO4. The van der Waals surface area contributed by atoms with Crippen LogP contribution in [0.2, 0.25) is 0 Å². The molecule has 5 nitrogen and oxygen atoms in total. The lowest BCUT2D eigenvalue weighted by atomic mass is 9.80. The van der Waals surface area contributed by atoms with E-state index >= 15 is 0 Å². The Morgan fingerprint density at radius 1 is 1.03 bits per heavy atom. The first-order valence-corrected chi connectivity index (χ1v) is 10.3. The molecule has 0 spiro atoms. The van der Waals surface area contributed by atoms with Gasteiger partial charge in [-0.1, -0.05) is 19.9 Å². The zero-order valence-electron chi connectivity index (χ0n) is 17.9. The summed E-state index contributed by atoms with van der Waals surface area (Å²) in [7, 11) is 4.99. The van der Waals surface area contributed by atoms with Crippen LogP contribution < -0.4 is 14.2 Å². The monoisotopic (exact) mass is 395 g/mol. The summed E-state index contributed by atoms with van der Waals surface area (Å²) in [5.41, 5.74) is 5.40. The number of carbonyl (C=O) groups excluding carboxylic acids is 1. The summed E-state index contributed by atoms with van der Waals surface area (Å²) in [6.45, 7) is 5.03. The molecular weight excluding hydrogens is 366 g/mol. The molecule has 0 N–H and O–H groups in total. The molecule has 2 aliphatic heterocycles. The summed E-state index contributed by atoms with van der Waals surface area (Å²) < 4.78 is 16.6. The van der Waals surface area contributed by atoms with E-state index < -0.39 is 0 Å². The van der Waals surface area contributed by atoms with Gasteiger partial charge in [0, 0.05) is 17.7 Å². The Labute approximate surface area is 172 Å². The average molecular weight is 395 g/mol. The number of fused-ring (bicyclic) bond motifs is 4. The second-order valence-corrected chi connectivity index (χ2v) is 7.90. The molecule has 0 saturated heterocycles. The summed E-state index contributed by atoms with van der Waals surface area (Å²) >= 11 is 0. The summed E-state index contributed by atoms with van der Waals surface area (Å²) in [5.74, 6) is 2.65. The Morgan fingerprint density at radius 2 is 1.72 bits per heavy atom. The third-order valence-corrected chi connectivity index (χ3v) is 6.51. The molecule has 0 aliphatic carbocycles. The zero-order valence-corrected chi connectivity index (χ0v) is 17.9. The molecule has 4 rings (SSSR count). The van der Waals surface area contributed by atoms with Crippen molar-refractivity contribution in [3.8, 4) is 17.2 Å². The molecule has 2 aliphatic rings. The molecule has 2 unspecified atom stereocenters. The molecule has 1 amide bonds. The number of methoxy groups -OCH3 is 3. The lowest BCUT2D eigenvalue weighted by Gasteiger charge is -2.42. The van der Waals surface area contributed by atoms with Crippen LogP contribution in [-0.4, -0.2) is 38.7 Å². The quantitative estimate of drug-likeness (QED) is 0.747. The lowest BCUT2D eigenvalue weighted by Crippen LogP contribution is -2.45. The van der Waals surface area contributed by atoms with Gasteiger partial charge >= 0.3 is 0 Å². The van der Waals surface area contributed by atoms with Gasteiger partial charge < -0.3 is 19.1 Å². The van der Waals surface area contributed by atoms with Crippen LogP contribution in [0, 0.1) is 0 Å². The maximum atomic E-state index is 13.7. The maximum Gasteiger partial charge on any atom is 0.255 e. The third kappa shape index (κ3) is 3.04. The van der Waals surface area contributed by atoms with Gasteiger partial charge in [-0.3, -0.25) is 4.79 Å². The largest absolute Gasteiger partial charge is 0.496 e. The number of ether oxygens (including phenoxy) is 3. The lowest BCUT2D eigenvalue weighted by molar-refractivity contribution is 0.0628. The van der Waals surface area contributed by atoms with Gasteiger partial charge in [-0.05, 0) is 60.1 Å². The van der Waals surface area contributed by atoms with Crippen molar-refractivity contribution in [3.63, 3.8) is 0 Å². The Morgan fingerprint density at radius 3 is 2.38 bits per heavy atom. The number of hydrogen-bond acceptors (Lipinski definition) is 4. The first kappa shape index (κ1) is 19.6. The van der Waals surface area contributed by atoms with Gasteiger partial charge in [0.2, 0.25) is 0 Å². The van der Waals surface area contributed by atoms with Crippen LogP contribution in [0.5, 0.6) is 17.2 Å². The van der Waals surface area contributed by atoms with Crippen molar-refractivity contribution in [3.05, 3.63) is 52.1 Å². The minimum atomic E-state index is 0.0248. The molecule has 0 radical (unpaired) electrons. The van der Waals surface area contributed by atoms with Crippen molar-refractivity contribution in [1.82, 2.24) is 4.90 Å². The predicted octanol–water partition coefficient (Wildman–Crippen LogP) is 4.52. The van der Waals surface area contributed by atoms with E-state index in [4.69, 9.17) is 14.2 Å². The highest BCUT2D eigenvalue weighted by atomic mass is 16.5. The standard InChI is InChI=1S/C24H29NO4/c1-6-14(2)22-19(27-3)8-7-16-11-18-17-13-21(29-5)20(28-4)12-15(17)9-10-25(18)24(26)23(16)22/h7-8,12-14,18H,6,9-11H2,1-5H3. The minimum Gasteiger partial charge on any atom is -0.496 e. The van der Waals surface area contributed by atoms with E-state index in [2.05, 4.69) is 26.0 Å². The van der Waals surface area contributed by atoms with E-state index in [-0.39, 0.29) is 17.9 Å². The van der Waals surface area contributed by atoms with Gasteiger partial charge in [0.05, 0.1) is 27.4 Å². The van der Waals surface area contributed by atoms with Crippen molar-refractivity contribution in [2.24, 2.45) is 0 Å². The molecule has 2 atom stereocenters. The minimum absolute atomic E-state index is 0.0248. The Bertz CT molecular complexity index is 952. The van der Waals surface area contributed by atoms with Crippen molar-refractivity contribution < 1.29 is 19.0 Å². The summed E-state index contributed by atoms with van der Waals surface area (Å²) in [6, 6.07) is 8.20. The number of benzene rings is 2. The number of hydrogen-bond donors (Lipinski definition) is 0. The van der Waals surface area contributed by atoms with Gasteiger partial charge in [0.15, 0.2) is 11.5 Å². The molecule has 5 heteroatoms. The second-order valence-electron chi connectivity index (χ2n) is 7.90. The number of amides is 1. The van der Waals surface area contributed by atoms with E-state index in [0.29, 0.717) is 12.3 Å². The first-order valence-electron chi connectivity index (χ1n) is 10.3. The van der Waals surface area contributed by atoms with Crippen molar-refractivity contribution in [2.75, 3.05) is 27.9 Å². The van der Waals surface area contributed by atoms with Crippen LogP contribution in [0.3, 0.4) is 0 Å². The van der Waals surface area contributed by atoms with Crippen LogP contribution >= 0.6 is 0 Å². The number of rotatable bonds is 5. The summed E-state index contributed by atoms with van der Waals surface area (Å²) in [6.07, 6.45) is 2.58. The second kappa shape index (κ2) is 7.62. The molecule has 0 saturated carbocycles. The predicted molar refractivity (Wildman–Crippen MR) is 112 cm³/mol. The average Bonchev–Trinajstić information content (AvgIpc) is 2.76. The fourth-order valence-corrected chi connectivity index (χ4v) is 4.78. The van der Waals surface area contributed by atoms with E-state index in [0.717, 1.165) is 53.0 Å². The topological polar surface area (TPSA) is 48.0 Å². The summed E-state index contributed by atoms with van der Waals surface area (Å²) in [5, 5.41) is 0. The fourth-order valence-electron chi connectivity index (χ4n) is 4.78. The highest BCUT2D eigenvalue weighted by Gasteiger charge is 2.39. The van der Waals surface area contributed by atoms with Gasteiger partial charge in [-0.15, -0.1) is 0 Å². The molecule has 0 aromatic heterocycles. The maximum absolute atomic E-state index is 13.7. The van der Waals surface area contributed by atoms with E-state index in [1.807, 2.05) is 17.0 Å². The Balaban J connectivity index is 1.84. The molecule has 29 heavy (non-hydrogen) atoms. The Kier molecular flexibility index (Phi) is 5.15. The molecule has 2 heterocycles. The first-order chi connectivity index (χ1) is 14.0. The van der Waals surface area contributed by atoms with Gasteiger partial charge in [0.25, 0.3) is 5.91 Å². The molecule has 2 aromatic carbocycles. The van der Waals surface area contributed by atoms with E-state index in [1.165, 1.54) is 5.56 Å².